The van der Waals surface area contributed by atoms with E-state index >= 15 is 0 Å². The highest BCUT2D eigenvalue weighted by Crippen LogP contribution is 2.33. The number of hydrogen-bond acceptors (Lipinski definition) is 9. The van der Waals surface area contributed by atoms with Crippen molar-refractivity contribution < 1.29 is 9.53 Å². The first-order valence-corrected chi connectivity index (χ1v) is 14.0. The second kappa shape index (κ2) is 11.0. The van der Waals surface area contributed by atoms with Crippen LogP contribution in [0.3, 0.4) is 0 Å². The second-order valence-corrected chi connectivity index (χ2v) is 11.7. The number of benzene rings is 1. The molecule has 0 aliphatic carbocycles. The molecular weight excluding hydrogens is 520 g/mol. The minimum absolute atomic E-state index is 0.162. The van der Waals surface area contributed by atoms with Crippen LogP contribution in [0.4, 0.5) is 11.6 Å². The van der Waals surface area contributed by atoms with Crippen LogP contribution in [0.2, 0.25) is 0 Å². The van der Waals surface area contributed by atoms with Crippen molar-refractivity contribution in [3.8, 4) is 11.3 Å². The normalized spacial score (nSPS) is 19.5. The van der Waals surface area contributed by atoms with Crippen LogP contribution in [-0.4, -0.2) is 71.8 Å². The predicted molar refractivity (Wildman–Crippen MR) is 154 cm³/mol. The lowest BCUT2D eigenvalue weighted by Gasteiger charge is -2.26. The summed E-state index contributed by atoms with van der Waals surface area (Å²) in [6.45, 7) is 11.2. The van der Waals surface area contributed by atoms with Crippen LogP contribution in [0, 0.1) is 6.92 Å². The second-order valence-electron chi connectivity index (χ2n) is 11.7. The van der Waals surface area contributed by atoms with Crippen molar-refractivity contribution in [3.63, 3.8) is 0 Å². The zero-order valence-electron chi connectivity index (χ0n) is 23.9. The fraction of sp³-hybridized carbons (Fsp3) is 0.448. The number of H-pyrrole nitrogens is 1. The van der Waals surface area contributed by atoms with Crippen molar-refractivity contribution in [3.05, 3.63) is 65.4 Å². The van der Waals surface area contributed by atoms with Gasteiger partial charge in [-0.15, -0.1) is 5.10 Å². The third kappa shape index (κ3) is 5.84. The summed E-state index contributed by atoms with van der Waals surface area (Å²) in [5, 5.41) is 21.8. The molecule has 12 nitrogen and oxygen atoms in total. The van der Waals surface area contributed by atoms with Gasteiger partial charge >= 0.3 is 0 Å². The minimum atomic E-state index is -0.256. The van der Waals surface area contributed by atoms with Gasteiger partial charge in [0.1, 0.15) is 0 Å². The van der Waals surface area contributed by atoms with Gasteiger partial charge in [-0.1, -0.05) is 17.3 Å². The molecule has 1 aromatic carbocycles. The Morgan fingerprint density at radius 2 is 2.07 bits per heavy atom. The SMILES string of the molecule is Cc1[nH]ncc1Nc1nccc(-c2ccc3c(c2)CN([C@H]2CCOC2)CC[C@H]3NC(=O)c2cn(C(C)(C)C)nn2)n1. The van der Waals surface area contributed by atoms with Gasteiger partial charge in [-0.2, -0.15) is 5.10 Å². The van der Waals surface area contributed by atoms with Gasteiger partial charge in [-0.05, 0) is 63.8 Å². The smallest absolute Gasteiger partial charge is 0.273 e. The molecule has 4 aromatic rings. The first-order valence-electron chi connectivity index (χ1n) is 14.0. The number of hydrogen-bond donors (Lipinski definition) is 3. The number of rotatable bonds is 6. The Morgan fingerprint density at radius 3 is 2.80 bits per heavy atom. The molecular formula is C29H36N10O2. The third-order valence-electron chi connectivity index (χ3n) is 7.77. The molecule has 0 unspecified atom stereocenters. The number of carbonyl (C=O) groups is 1. The molecule has 0 spiro atoms. The third-order valence-corrected chi connectivity index (χ3v) is 7.77. The number of nitrogens with zero attached hydrogens (tertiary/aromatic N) is 7. The number of aryl methyl sites for hydroxylation is 1. The molecule has 2 aliphatic rings. The molecule has 41 heavy (non-hydrogen) atoms. The predicted octanol–water partition coefficient (Wildman–Crippen LogP) is 3.73. The van der Waals surface area contributed by atoms with Crippen molar-refractivity contribution in [2.75, 3.05) is 25.1 Å². The van der Waals surface area contributed by atoms with Crippen LogP contribution in [0.1, 0.15) is 67.0 Å². The van der Waals surface area contributed by atoms with E-state index in [1.54, 1.807) is 23.3 Å². The lowest BCUT2D eigenvalue weighted by molar-refractivity contribution is 0.0924. The van der Waals surface area contributed by atoms with Gasteiger partial charge in [-0.3, -0.25) is 14.8 Å². The van der Waals surface area contributed by atoms with Gasteiger partial charge < -0.3 is 15.4 Å². The lowest BCUT2D eigenvalue weighted by atomic mass is 9.96. The lowest BCUT2D eigenvalue weighted by Crippen LogP contribution is -2.36. The van der Waals surface area contributed by atoms with Crippen LogP contribution >= 0.6 is 0 Å². The fourth-order valence-corrected chi connectivity index (χ4v) is 5.37. The topological polar surface area (TPSA) is 139 Å². The van der Waals surface area contributed by atoms with Crippen LogP contribution in [0.25, 0.3) is 11.3 Å². The molecule has 3 aromatic heterocycles. The Labute approximate surface area is 238 Å². The number of carbonyl (C=O) groups excluding carboxylic acids is 1. The van der Waals surface area contributed by atoms with Gasteiger partial charge in [0.05, 0.1) is 47.7 Å². The maximum atomic E-state index is 13.3. The van der Waals surface area contributed by atoms with E-state index in [9.17, 15) is 4.79 Å². The molecule has 6 rings (SSSR count). The molecule has 12 heteroatoms. The van der Waals surface area contributed by atoms with Crippen molar-refractivity contribution in [2.24, 2.45) is 0 Å². The van der Waals surface area contributed by atoms with E-state index in [1.165, 1.54) is 0 Å². The summed E-state index contributed by atoms with van der Waals surface area (Å²) in [5.74, 6) is 0.277. The van der Waals surface area contributed by atoms with Crippen LogP contribution in [-0.2, 0) is 16.8 Å². The summed E-state index contributed by atoms with van der Waals surface area (Å²) in [5.41, 5.74) is 5.87. The first-order chi connectivity index (χ1) is 19.7. The number of fused-ring (bicyclic) bond motifs is 1. The molecule has 0 saturated carbocycles. The van der Waals surface area contributed by atoms with E-state index in [1.807, 2.05) is 33.8 Å². The standard InChI is InChI=1S/C29H36N10O2/c1-18-25(14-31-35-18)34-28-30-10-7-23(33-28)19-5-6-22-20(13-19)15-38(21-9-12-41-17-21)11-8-24(22)32-27(40)26-16-39(37-36-26)29(2,3)4/h5-7,10,13-14,16,21,24H,8-9,11-12,15,17H2,1-4H3,(H,31,35)(H,32,40)(H,30,33,34)/t21-,24+/m0/s1. The van der Waals surface area contributed by atoms with Crippen LogP contribution < -0.4 is 10.6 Å². The highest BCUT2D eigenvalue weighted by atomic mass is 16.5. The highest BCUT2D eigenvalue weighted by molar-refractivity contribution is 5.92. The summed E-state index contributed by atoms with van der Waals surface area (Å²) in [6, 6.07) is 8.48. The van der Waals surface area contributed by atoms with Crippen LogP contribution in [0.5, 0.6) is 0 Å². The average Bonchev–Trinajstić information content (AvgIpc) is 3.72. The van der Waals surface area contributed by atoms with E-state index in [-0.39, 0.29) is 17.5 Å². The molecule has 2 atom stereocenters. The van der Waals surface area contributed by atoms with Gasteiger partial charge in [0.15, 0.2) is 5.69 Å². The number of nitrogens with one attached hydrogen (secondary N) is 3. The summed E-state index contributed by atoms with van der Waals surface area (Å²) < 4.78 is 7.43. The minimum Gasteiger partial charge on any atom is -0.380 e. The van der Waals surface area contributed by atoms with E-state index < -0.39 is 0 Å². The van der Waals surface area contributed by atoms with Crippen molar-refractivity contribution in [2.45, 2.75) is 64.7 Å². The maximum Gasteiger partial charge on any atom is 0.273 e. The quantitative estimate of drug-likeness (QED) is 0.324. The number of amides is 1. The Kier molecular flexibility index (Phi) is 7.26. The van der Waals surface area contributed by atoms with E-state index in [0.717, 1.165) is 72.9 Å². The van der Waals surface area contributed by atoms with E-state index in [0.29, 0.717) is 17.7 Å². The zero-order chi connectivity index (χ0) is 28.6. The summed E-state index contributed by atoms with van der Waals surface area (Å²) in [7, 11) is 0. The molecule has 5 heterocycles. The number of aromatic amines is 1. The monoisotopic (exact) mass is 556 g/mol. The highest BCUT2D eigenvalue weighted by Gasteiger charge is 2.30. The molecule has 0 bridgehead atoms. The molecule has 1 saturated heterocycles. The Morgan fingerprint density at radius 1 is 1.20 bits per heavy atom. The number of ether oxygens (including phenoxy) is 1. The molecule has 2 aliphatic heterocycles. The van der Waals surface area contributed by atoms with Crippen LogP contribution in [0.15, 0.2) is 42.9 Å². The first kappa shape index (κ1) is 27.0. The molecule has 1 amide bonds. The average molecular weight is 557 g/mol. The Hall–Kier alpha value is -4.16. The number of anilines is 2. The van der Waals surface area contributed by atoms with Crippen molar-refractivity contribution in [1.29, 1.82) is 0 Å². The fourth-order valence-electron chi connectivity index (χ4n) is 5.37. The largest absolute Gasteiger partial charge is 0.380 e. The zero-order valence-corrected chi connectivity index (χ0v) is 23.9. The summed E-state index contributed by atoms with van der Waals surface area (Å²) in [6.07, 6.45) is 6.97. The van der Waals surface area contributed by atoms with Gasteiger partial charge in [-0.25, -0.2) is 14.6 Å². The number of aromatic nitrogens is 7. The molecule has 0 radical (unpaired) electrons. The van der Waals surface area contributed by atoms with Gasteiger partial charge in [0, 0.05) is 37.5 Å². The van der Waals surface area contributed by atoms with Crippen molar-refractivity contribution in [1.82, 2.24) is 45.4 Å². The summed E-state index contributed by atoms with van der Waals surface area (Å²) in [4.78, 5) is 24.9. The summed E-state index contributed by atoms with van der Waals surface area (Å²) >= 11 is 0. The van der Waals surface area contributed by atoms with E-state index in [2.05, 4.69) is 59.2 Å². The Balaban J connectivity index is 1.29. The molecule has 214 valence electrons. The van der Waals surface area contributed by atoms with Crippen molar-refractivity contribution >= 4 is 17.5 Å². The van der Waals surface area contributed by atoms with Gasteiger partial charge in [0.2, 0.25) is 5.95 Å². The maximum absolute atomic E-state index is 13.3. The Bertz CT molecular complexity index is 1530. The molecule has 1 fully saturated rings. The molecule has 3 N–H and O–H groups in total. The van der Waals surface area contributed by atoms with Gasteiger partial charge in [0.25, 0.3) is 5.91 Å². The van der Waals surface area contributed by atoms with E-state index in [4.69, 9.17) is 9.72 Å².